The van der Waals surface area contributed by atoms with Crippen LogP contribution in [0.1, 0.15) is 56.1 Å². The standard InChI is InChI=1S/C25H34N4O6/c1-15(2)11-16(12-22(30)26-14-23(31)35-5)27-25(32)18-13-19(29(28-18)17-9-10-17)24-20(33-3)7-6-8-21(24)34-4/h6-8,13,15-17H,9-12,14H2,1-5H3,(H,26,30)(H,27,32). The molecule has 0 saturated heterocycles. The van der Waals surface area contributed by atoms with Crippen molar-refractivity contribution >= 4 is 17.8 Å². The lowest BCUT2D eigenvalue weighted by Gasteiger charge is -2.19. The summed E-state index contributed by atoms with van der Waals surface area (Å²) >= 11 is 0. The molecular weight excluding hydrogens is 452 g/mol. The molecule has 10 nitrogen and oxygen atoms in total. The molecule has 2 N–H and O–H groups in total. The summed E-state index contributed by atoms with van der Waals surface area (Å²) in [5.74, 6) is 0.241. The van der Waals surface area contributed by atoms with E-state index in [0.717, 1.165) is 24.1 Å². The van der Waals surface area contributed by atoms with Gasteiger partial charge >= 0.3 is 5.97 Å². The minimum atomic E-state index is -0.535. The number of amides is 2. The Bertz CT molecular complexity index is 1040. The van der Waals surface area contributed by atoms with Crippen molar-refractivity contribution in [1.82, 2.24) is 20.4 Å². The fourth-order valence-electron chi connectivity index (χ4n) is 3.95. The highest BCUT2D eigenvalue weighted by atomic mass is 16.5. The minimum Gasteiger partial charge on any atom is -0.496 e. The second-order valence-electron chi connectivity index (χ2n) is 8.99. The van der Waals surface area contributed by atoms with Crippen molar-refractivity contribution in [3.63, 3.8) is 0 Å². The molecule has 0 radical (unpaired) electrons. The first-order valence-electron chi connectivity index (χ1n) is 11.7. The lowest BCUT2D eigenvalue weighted by atomic mass is 10.0. The highest BCUT2D eigenvalue weighted by Crippen LogP contribution is 2.43. The van der Waals surface area contributed by atoms with E-state index in [9.17, 15) is 14.4 Å². The van der Waals surface area contributed by atoms with Gasteiger partial charge in [0.25, 0.3) is 5.91 Å². The van der Waals surface area contributed by atoms with Gasteiger partial charge in [-0.3, -0.25) is 19.1 Å². The molecular formula is C25H34N4O6. The normalized spacial score (nSPS) is 13.8. The van der Waals surface area contributed by atoms with Crippen LogP contribution in [0.5, 0.6) is 11.5 Å². The number of hydrogen-bond donors (Lipinski definition) is 2. The summed E-state index contributed by atoms with van der Waals surface area (Å²) in [5.41, 5.74) is 1.73. The van der Waals surface area contributed by atoms with Gasteiger partial charge in [0.15, 0.2) is 5.69 Å². The molecule has 2 amide bonds. The fraction of sp³-hybridized carbons (Fsp3) is 0.520. The van der Waals surface area contributed by atoms with Gasteiger partial charge in [-0.15, -0.1) is 0 Å². The molecule has 0 bridgehead atoms. The van der Waals surface area contributed by atoms with Crippen molar-refractivity contribution in [2.75, 3.05) is 27.9 Å². The molecule has 190 valence electrons. The Morgan fingerprint density at radius 1 is 1.11 bits per heavy atom. The molecule has 1 aromatic heterocycles. The minimum absolute atomic E-state index is 0.0391. The van der Waals surface area contributed by atoms with Gasteiger partial charge in [0.1, 0.15) is 18.0 Å². The molecule has 2 aromatic rings. The summed E-state index contributed by atoms with van der Waals surface area (Å²) in [6, 6.07) is 7.04. The largest absolute Gasteiger partial charge is 0.496 e. The van der Waals surface area contributed by atoms with Crippen LogP contribution < -0.4 is 20.1 Å². The molecule has 1 aliphatic rings. The highest BCUT2D eigenvalue weighted by Gasteiger charge is 2.31. The lowest BCUT2D eigenvalue weighted by molar-refractivity contribution is -0.141. The molecule has 1 heterocycles. The van der Waals surface area contributed by atoms with Gasteiger partial charge in [-0.05, 0) is 43.4 Å². The van der Waals surface area contributed by atoms with Gasteiger partial charge in [-0.25, -0.2) is 0 Å². The zero-order valence-corrected chi connectivity index (χ0v) is 20.9. The topological polar surface area (TPSA) is 121 Å². The van der Waals surface area contributed by atoms with Gasteiger partial charge in [-0.2, -0.15) is 5.10 Å². The van der Waals surface area contributed by atoms with E-state index in [4.69, 9.17) is 9.47 Å². The van der Waals surface area contributed by atoms with Crippen molar-refractivity contribution in [3.8, 4) is 22.8 Å². The quantitative estimate of drug-likeness (QED) is 0.443. The van der Waals surface area contributed by atoms with E-state index in [-0.39, 0.29) is 42.4 Å². The molecule has 35 heavy (non-hydrogen) atoms. The van der Waals surface area contributed by atoms with Gasteiger partial charge in [0, 0.05) is 12.5 Å². The summed E-state index contributed by atoms with van der Waals surface area (Å²) in [6.45, 7) is 3.81. The zero-order valence-electron chi connectivity index (χ0n) is 20.9. The van der Waals surface area contributed by atoms with Crippen LogP contribution in [0.2, 0.25) is 0 Å². The third kappa shape index (κ3) is 6.74. The summed E-state index contributed by atoms with van der Waals surface area (Å²) < 4.78 is 17.5. The number of methoxy groups -OCH3 is 3. The predicted octanol–water partition coefficient (Wildman–Crippen LogP) is 2.73. The van der Waals surface area contributed by atoms with Crippen molar-refractivity contribution in [2.24, 2.45) is 5.92 Å². The van der Waals surface area contributed by atoms with E-state index in [1.807, 2.05) is 36.7 Å². The first-order valence-corrected chi connectivity index (χ1v) is 11.7. The van der Waals surface area contributed by atoms with Crippen LogP contribution >= 0.6 is 0 Å². The molecule has 1 saturated carbocycles. The Morgan fingerprint density at radius 3 is 2.31 bits per heavy atom. The van der Waals surface area contributed by atoms with E-state index in [1.165, 1.54) is 7.11 Å². The van der Waals surface area contributed by atoms with Gasteiger partial charge in [-0.1, -0.05) is 19.9 Å². The number of benzene rings is 1. The van der Waals surface area contributed by atoms with Gasteiger partial charge in [0.05, 0.1) is 38.6 Å². The molecule has 1 atom stereocenters. The van der Waals surface area contributed by atoms with Crippen molar-refractivity contribution in [1.29, 1.82) is 0 Å². The fourth-order valence-corrected chi connectivity index (χ4v) is 3.95. The van der Waals surface area contributed by atoms with Crippen LogP contribution in [0, 0.1) is 5.92 Å². The molecule has 1 unspecified atom stereocenters. The maximum atomic E-state index is 13.2. The number of aromatic nitrogens is 2. The summed E-state index contributed by atoms with van der Waals surface area (Å²) in [5, 5.41) is 10.1. The van der Waals surface area contributed by atoms with Crippen LogP contribution in [0.15, 0.2) is 24.3 Å². The Labute approximate surface area is 205 Å². The number of esters is 1. The van der Waals surface area contributed by atoms with Crippen molar-refractivity contribution in [3.05, 3.63) is 30.0 Å². The highest BCUT2D eigenvalue weighted by molar-refractivity contribution is 5.94. The SMILES string of the molecule is COC(=O)CNC(=O)CC(CC(C)C)NC(=O)c1cc(-c2c(OC)cccc2OC)n(C2CC2)n1. The first-order chi connectivity index (χ1) is 16.8. The Balaban J connectivity index is 1.83. The Kier molecular flexibility index (Phi) is 8.73. The second kappa shape index (κ2) is 11.7. The lowest BCUT2D eigenvalue weighted by Crippen LogP contribution is -2.41. The number of carbonyl (C=O) groups is 3. The summed E-state index contributed by atoms with van der Waals surface area (Å²) in [4.78, 5) is 36.9. The van der Waals surface area contributed by atoms with E-state index in [1.54, 1.807) is 20.3 Å². The van der Waals surface area contributed by atoms with Crippen LogP contribution in [0.25, 0.3) is 11.3 Å². The number of nitrogens with zero attached hydrogens (tertiary/aromatic N) is 2. The Hall–Kier alpha value is -3.56. The molecule has 3 rings (SSSR count). The summed E-state index contributed by atoms with van der Waals surface area (Å²) in [7, 11) is 4.43. The molecule has 0 spiro atoms. The van der Waals surface area contributed by atoms with Crippen LogP contribution in [0.3, 0.4) is 0 Å². The molecule has 10 heteroatoms. The van der Waals surface area contributed by atoms with Gasteiger partial charge in [0.2, 0.25) is 5.91 Å². The van der Waals surface area contributed by atoms with Crippen LogP contribution in [-0.2, 0) is 14.3 Å². The molecule has 1 aliphatic carbocycles. The molecule has 1 aromatic carbocycles. The number of rotatable bonds is 12. The zero-order chi connectivity index (χ0) is 25.5. The monoisotopic (exact) mass is 486 g/mol. The third-order valence-electron chi connectivity index (χ3n) is 5.73. The molecule has 0 aliphatic heterocycles. The van der Waals surface area contributed by atoms with Crippen molar-refractivity contribution < 1.29 is 28.6 Å². The number of nitrogens with one attached hydrogen (secondary N) is 2. The van der Waals surface area contributed by atoms with Crippen LogP contribution in [-0.4, -0.2) is 61.5 Å². The van der Waals surface area contributed by atoms with E-state index >= 15 is 0 Å². The number of carbonyl (C=O) groups excluding carboxylic acids is 3. The van der Waals surface area contributed by atoms with Crippen molar-refractivity contribution in [2.45, 2.75) is 51.6 Å². The smallest absolute Gasteiger partial charge is 0.325 e. The average Bonchev–Trinajstić information content (AvgIpc) is 3.59. The number of hydrogen-bond acceptors (Lipinski definition) is 7. The average molecular weight is 487 g/mol. The summed E-state index contributed by atoms with van der Waals surface area (Å²) in [6.07, 6.45) is 2.58. The van der Waals surface area contributed by atoms with E-state index < -0.39 is 12.0 Å². The van der Waals surface area contributed by atoms with Gasteiger partial charge < -0.3 is 24.8 Å². The predicted molar refractivity (Wildman–Crippen MR) is 129 cm³/mol. The second-order valence-corrected chi connectivity index (χ2v) is 8.99. The van der Waals surface area contributed by atoms with Crippen LogP contribution in [0.4, 0.5) is 0 Å². The first kappa shape index (κ1) is 26.1. The van der Waals surface area contributed by atoms with E-state index in [0.29, 0.717) is 17.9 Å². The van der Waals surface area contributed by atoms with E-state index in [2.05, 4.69) is 20.5 Å². The molecule has 1 fully saturated rings. The maximum Gasteiger partial charge on any atom is 0.325 e. The number of ether oxygens (including phenoxy) is 3. The Morgan fingerprint density at radius 2 is 1.77 bits per heavy atom. The third-order valence-corrected chi connectivity index (χ3v) is 5.73. The maximum absolute atomic E-state index is 13.2.